The van der Waals surface area contributed by atoms with Crippen LogP contribution in [0.15, 0.2) is 94.8 Å². The van der Waals surface area contributed by atoms with E-state index < -0.39 is 75.4 Å². The number of sulfonamides is 1. The Balaban J connectivity index is 1.04. The Morgan fingerprint density at radius 2 is 1.35 bits per heavy atom. The maximum atomic E-state index is 14.8. The summed E-state index contributed by atoms with van der Waals surface area (Å²) in [5.41, 5.74) is 11.3. The summed E-state index contributed by atoms with van der Waals surface area (Å²) in [4.78, 5) is 91.8. The number of aryl methyl sites for hydroxylation is 1. The fourth-order valence-electron chi connectivity index (χ4n) is 11.3. The Kier molecular flexibility index (Phi) is 21.2. The molecule has 0 spiro atoms. The van der Waals surface area contributed by atoms with E-state index in [2.05, 4.69) is 31.0 Å². The third-order valence-corrected chi connectivity index (χ3v) is 17.1. The number of nitrogens with zero attached hydrogens (tertiary/aromatic N) is 3. The molecule has 0 radical (unpaired) electrons. The second-order valence-corrected chi connectivity index (χ2v) is 24.6. The molecular formula is C62H83N9O10S. The molecule has 7 rings (SSSR count). The van der Waals surface area contributed by atoms with E-state index in [1.165, 1.54) is 16.7 Å². The van der Waals surface area contributed by atoms with Gasteiger partial charge in [0.15, 0.2) is 0 Å². The van der Waals surface area contributed by atoms with E-state index in [1.54, 1.807) is 26.0 Å². The molecule has 0 aliphatic carbocycles. The second kappa shape index (κ2) is 28.0. The summed E-state index contributed by atoms with van der Waals surface area (Å²) in [6, 6.07) is 21.9. The van der Waals surface area contributed by atoms with Gasteiger partial charge in [-0.05, 0) is 144 Å². The van der Waals surface area contributed by atoms with Gasteiger partial charge in [0.25, 0.3) is 10.0 Å². The Bertz CT molecular complexity index is 3060. The predicted octanol–water partition coefficient (Wildman–Crippen LogP) is 5.77. The first-order valence-corrected chi connectivity index (χ1v) is 30.2. The summed E-state index contributed by atoms with van der Waals surface area (Å²) >= 11 is 0. The number of hydrogen-bond donors (Lipinski definition) is 6. The summed E-state index contributed by atoms with van der Waals surface area (Å²) in [7, 11) is -4.20. The number of nitrogens with two attached hydrogens (primary N) is 1. The summed E-state index contributed by atoms with van der Waals surface area (Å²) in [5.74, 6) is -1.90. The number of fused-ring (bicyclic) bond motifs is 1. The second-order valence-electron chi connectivity index (χ2n) is 23.0. The van der Waals surface area contributed by atoms with Crippen molar-refractivity contribution in [3.05, 3.63) is 124 Å². The smallest absolute Gasteiger partial charge is 0.264 e. The number of ether oxygens (including phenoxy) is 2. The van der Waals surface area contributed by atoms with Crippen LogP contribution < -0.4 is 41.2 Å². The minimum Gasteiger partial charge on any atom is -0.489 e. The SMILES string of the molecule is CC(=O)N[C@@H](Cc1ccc(OCc2ccccc2)cc1)C(=O)N[C@@H](CC(C)C)C(=O)N1CCC[C@H]1C(=O)N[C@@H](CCCN=C(N)NS(=O)(=O)c1c(C)c(C)c2c(c1C)CC(C)(C)O2)C(=O)N1CCC[C@H]1C(=O)NCCCc1ccccc1. The zero-order valence-corrected chi connectivity index (χ0v) is 49.6. The molecule has 82 heavy (non-hydrogen) atoms. The van der Waals surface area contributed by atoms with E-state index >= 15 is 0 Å². The lowest BCUT2D eigenvalue weighted by atomic mass is 9.94. The summed E-state index contributed by atoms with van der Waals surface area (Å²) in [6.45, 7) is 15.6. The molecule has 5 atom stereocenters. The molecule has 6 amide bonds. The van der Waals surface area contributed by atoms with E-state index in [0.29, 0.717) is 67.9 Å². The first kappa shape index (κ1) is 62.1. The van der Waals surface area contributed by atoms with Crippen molar-refractivity contribution in [2.45, 2.75) is 173 Å². The molecule has 3 aliphatic heterocycles. The van der Waals surface area contributed by atoms with Crippen LogP contribution in [0.1, 0.15) is 125 Å². The Labute approximate surface area is 483 Å². The minimum atomic E-state index is -4.20. The fourth-order valence-corrected chi connectivity index (χ4v) is 12.8. The normalized spacial score (nSPS) is 17.7. The van der Waals surface area contributed by atoms with E-state index in [-0.39, 0.29) is 74.4 Å². The molecule has 442 valence electrons. The van der Waals surface area contributed by atoms with Gasteiger partial charge < -0.3 is 46.3 Å². The number of likely N-dealkylation sites (tertiary alicyclic amines) is 2. The van der Waals surface area contributed by atoms with Gasteiger partial charge in [0, 0.05) is 51.5 Å². The van der Waals surface area contributed by atoms with E-state index in [9.17, 15) is 37.2 Å². The van der Waals surface area contributed by atoms with Gasteiger partial charge in [0.2, 0.25) is 41.4 Å². The third-order valence-electron chi connectivity index (χ3n) is 15.4. The number of guanidine groups is 1. The van der Waals surface area contributed by atoms with E-state index in [4.69, 9.17) is 15.2 Å². The lowest BCUT2D eigenvalue weighted by molar-refractivity contribution is -0.144. The Hall–Kier alpha value is -7.48. The topological polar surface area (TPSA) is 260 Å². The van der Waals surface area contributed by atoms with Gasteiger partial charge in [-0.1, -0.05) is 86.6 Å². The summed E-state index contributed by atoms with van der Waals surface area (Å²) in [6.07, 6.45) is 4.32. The van der Waals surface area contributed by atoms with Crippen molar-refractivity contribution < 1.29 is 46.7 Å². The largest absolute Gasteiger partial charge is 0.489 e. The third kappa shape index (κ3) is 16.4. The molecule has 0 saturated carbocycles. The van der Waals surface area contributed by atoms with Crippen molar-refractivity contribution in [2.75, 3.05) is 26.2 Å². The van der Waals surface area contributed by atoms with Crippen molar-refractivity contribution in [1.82, 2.24) is 35.8 Å². The number of carbonyl (C=O) groups is 6. The van der Waals surface area contributed by atoms with Gasteiger partial charge >= 0.3 is 0 Å². The number of amides is 6. The zero-order chi connectivity index (χ0) is 59.3. The monoisotopic (exact) mass is 1150 g/mol. The molecule has 20 heteroatoms. The van der Waals surface area contributed by atoms with Crippen LogP contribution in [0.25, 0.3) is 0 Å². The number of aliphatic imine (C=N–C) groups is 1. The number of nitrogens with one attached hydrogen (secondary N) is 5. The molecule has 7 N–H and O–H groups in total. The van der Waals surface area contributed by atoms with Gasteiger partial charge in [-0.15, -0.1) is 0 Å². The molecule has 19 nitrogen and oxygen atoms in total. The highest BCUT2D eigenvalue weighted by Gasteiger charge is 2.42. The highest BCUT2D eigenvalue weighted by molar-refractivity contribution is 7.90. The van der Waals surface area contributed by atoms with Crippen LogP contribution in [-0.4, -0.2) is 122 Å². The maximum Gasteiger partial charge on any atom is 0.264 e. The van der Waals surface area contributed by atoms with Gasteiger partial charge in [0.05, 0.1) is 4.90 Å². The number of carbonyl (C=O) groups excluding carboxylic acids is 6. The van der Waals surface area contributed by atoms with Gasteiger partial charge in [0.1, 0.15) is 53.9 Å². The van der Waals surface area contributed by atoms with Crippen molar-refractivity contribution in [3.63, 3.8) is 0 Å². The number of rotatable bonds is 25. The molecule has 4 aromatic carbocycles. The molecule has 4 aromatic rings. The number of benzene rings is 4. The first-order valence-electron chi connectivity index (χ1n) is 28.7. The van der Waals surface area contributed by atoms with Crippen molar-refractivity contribution in [3.8, 4) is 11.5 Å². The average molecular weight is 1150 g/mol. The predicted molar refractivity (Wildman–Crippen MR) is 314 cm³/mol. The molecule has 3 aliphatic rings. The summed E-state index contributed by atoms with van der Waals surface area (Å²) < 4.78 is 42.5. The van der Waals surface area contributed by atoms with Crippen LogP contribution >= 0.6 is 0 Å². The van der Waals surface area contributed by atoms with Gasteiger partial charge in [-0.25, -0.2) is 13.1 Å². The molecule has 0 aromatic heterocycles. The average Bonchev–Trinajstić information content (AvgIpc) is 3.13. The van der Waals surface area contributed by atoms with E-state index in [1.807, 2.05) is 107 Å². The quantitative estimate of drug-likeness (QED) is 0.0264. The fraction of sp³-hybridized carbons (Fsp3) is 0.500. The van der Waals surface area contributed by atoms with Crippen LogP contribution in [-0.2, 0) is 64.7 Å². The van der Waals surface area contributed by atoms with E-state index in [0.717, 1.165) is 34.2 Å². The highest BCUT2D eigenvalue weighted by Crippen LogP contribution is 2.43. The van der Waals surface area contributed by atoms with Crippen LogP contribution in [0.3, 0.4) is 0 Å². The first-order chi connectivity index (χ1) is 39.0. The Morgan fingerprint density at radius 3 is 1.98 bits per heavy atom. The number of hydrogen-bond acceptors (Lipinski definition) is 11. The maximum absolute atomic E-state index is 14.8. The lowest BCUT2D eigenvalue weighted by Gasteiger charge is -2.32. The summed E-state index contributed by atoms with van der Waals surface area (Å²) in [5, 5.41) is 11.6. The van der Waals surface area contributed by atoms with Crippen LogP contribution in [0.5, 0.6) is 11.5 Å². The lowest BCUT2D eigenvalue weighted by Crippen LogP contribution is -2.59. The molecule has 2 fully saturated rings. The van der Waals surface area contributed by atoms with Gasteiger partial charge in [-0.3, -0.25) is 33.8 Å². The Morgan fingerprint density at radius 1 is 0.744 bits per heavy atom. The zero-order valence-electron chi connectivity index (χ0n) is 48.8. The van der Waals surface area contributed by atoms with Crippen LogP contribution in [0.4, 0.5) is 0 Å². The molecule has 3 heterocycles. The van der Waals surface area contributed by atoms with Crippen molar-refractivity contribution >= 4 is 51.4 Å². The van der Waals surface area contributed by atoms with Crippen molar-refractivity contribution in [1.29, 1.82) is 0 Å². The standard InChI is InChI=1S/C62H83N9O10S/c1-39(2)35-51(68-56(73)50(66-43(6)72)36-45-27-29-47(30-28-45)80-38-46-21-13-10-14-22-46)60(77)71-34-18-26-53(71)58(75)67-49(59(76)70-33-17-25-52(70)57(74)64-31-15-23-44-19-11-9-12-20-44)24-16-32-65-61(63)69-82(78,79)55-41(4)40(3)54-48(42(55)5)37-62(7,8)81-54/h9-14,19-22,27-30,39,49-53H,15-18,23-26,31-38H2,1-8H3,(H,64,74)(H,66,72)(H,67,75)(H,68,73)(H3,63,65,69)/t49-,50-,51-,52-,53-/m0/s1. The molecular weight excluding hydrogens is 1060 g/mol. The molecule has 0 unspecified atom stereocenters. The van der Waals surface area contributed by atoms with Gasteiger partial charge in [-0.2, -0.15) is 0 Å². The highest BCUT2D eigenvalue weighted by atomic mass is 32.2. The van der Waals surface area contributed by atoms with Crippen LogP contribution in [0, 0.1) is 26.7 Å². The van der Waals surface area contributed by atoms with Crippen LogP contribution in [0.2, 0.25) is 0 Å². The molecule has 2 saturated heterocycles. The van der Waals surface area contributed by atoms with Crippen molar-refractivity contribution in [2.24, 2.45) is 16.6 Å². The minimum absolute atomic E-state index is 0.0267. The molecule has 0 bridgehead atoms.